The maximum atomic E-state index is 12.5. The van der Waals surface area contributed by atoms with Gasteiger partial charge in [-0.05, 0) is 37.1 Å². The molecule has 20 heavy (non-hydrogen) atoms. The number of sulfonamides is 1. The van der Waals surface area contributed by atoms with Gasteiger partial charge in [-0.3, -0.25) is 0 Å². The van der Waals surface area contributed by atoms with Crippen molar-refractivity contribution in [2.75, 3.05) is 18.8 Å². The van der Waals surface area contributed by atoms with Crippen LogP contribution in [0.4, 0.5) is 18.9 Å². The minimum Gasteiger partial charge on any atom is -0.399 e. The molecule has 0 aromatic heterocycles. The van der Waals surface area contributed by atoms with Crippen molar-refractivity contribution in [2.45, 2.75) is 31.3 Å². The second kappa shape index (κ2) is 6.01. The van der Waals surface area contributed by atoms with Gasteiger partial charge >= 0.3 is 6.18 Å². The van der Waals surface area contributed by atoms with Gasteiger partial charge in [0, 0.05) is 12.2 Å². The van der Waals surface area contributed by atoms with Gasteiger partial charge in [-0.1, -0.05) is 6.92 Å². The van der Waals surface area contributed by atoms with Gasteiger partial charge in [0.05, 0.1) is 4.90 Å². The number of alkyl halides is 3. The van der Waals surface area contributed by atoms with Gasteiger partial charge in [0.1, 0.15) is 6.54 Å². The lowest BCUT2D eigenvalue weighted by Crippen LogP contribution is -2.39. The van der Waals surface area contributed by atoms with Gasteiger partial charge in [0.25, 0.3) is 0 Å². The molecule has 0 radical (unpaired) electrons. The quantitative estimate of drug-likeness (QED) is 0.850. The Morgan fingerprint density at radius 3 is 2.30 bits per heavy atom. The van der Waals surface area contributed by atoms with E-state index in [9.17, 15) is 21.6 Å². The zero-order chi connectivity index (χ0) is 15.6. The summed E-state index contributed by atoms with van der Waals surface area (Å²) in [6, 6.07) is 4.03. The molecule has 0 saturated heterocycles. The predicted octanol–water partition coefficient (Wildman–Crippen LogP) is 2.54. The van der Waals surface area contributed by atoms with Gasteiger partial charge in [0.2, 0.25) is 10.0 Å². The van der Waals surface area contributed by atoms with E-state index in [4.69, 9.17) is 5.73 Å². The average Bonchev–Trinajstić information content (AvgIpc) is 2.25. The highest BCUT2D eigenvalue weighted by Crippen LogP contribution is 2.24. The highest BCUT2D eigenvalue weighted by atomic mass is 32.2. The Labute approximate surface area is 116 Å². The standard InChI is InChI=1S/C12H17F3N2O2S/c1-3-4-17(8-12(13,14)15)20(18,19)11-6-9(2)5-10(16)7-11/h5-7H,3-4,8,16H2,1-2H3. The van der Waals surface area contributed by atoms with Crippen LogP contribution in [0, 0.1) is 6.92 Å². The van der Waals surface area contributed by atoms with Gasteiger partial charge in [0.15, 0.2) is 0 Å². The fourth-order valence-electron chi connectivity index (χ4n) is 1.81. The number of nitrogens with two attached hydrogens (primary N) is 1. The predicted molar refractivity (Wildman–Crippen MR) is 70.7 cm³/mol. The van der Waals surface area contributed by atoms with E-state index in [1.54, 1.807) is 19.9 Å². The Hall–Kier alpha value is -1.28. The van der Waals surface area contributed by atoms with Crippen molar-refractivity contribution < 1.29 is 21.6 Å². The lowest BCUT2D eigenvalue weighted by atomic mass is 10.2. The maximum Gasteiger partial charge on any atom is 0.402 e. The zero-order valence-corrected chi connectivity index (χ0v) is 12.1. The summed E-state index contributed by atoms with van der Waals surface area (Å²) >= 11 is 0. The van der Waals surface area contributed by atoms with Crippen molar-refractivity contribution in [2.24, 2.45) is 0 Å². The lowest BCUT2D eigenvalue weighted by molar-refractivity contribution is -0.136. The highest BCUT2D eigenvalue weighted by Gasteiger charge is 2.36. The number of hydrogen-bond acceptors (Lipinski definition) is 3. The van der Waals surface area contributed by atoms with E-state index in [1.807, 2.05) is 0 Å². The second-order valence-corrected chi connectivity index (χ2v) is 6.47. The van der Waals surface area contributed by atoms with Crippen LogP contribution in [0.25, 0.3) is 0 Å². The molecule has 1 rings (SSSR count). The summed E-state index contributed by atoms with van der Waals surface area (Å²) in [5.74, 6) is 0. The van der Waals surface area contributed by atoms with Crippen LogP contribution in [0.3, 0.4) is 0 Å². The molecular formula is C12H17F3N2O2S. The van der Waals surface area contributed by atoms with Gasteiger partial charge in [-0.25, -0.2) is 8.42 Å². The molecule has 1 aromatic carbocycles. The number of hydrogen-bond donors (Lipinski definition) is 1. The largest absolute Gasteiger partial charge is 0.402 e. The third-order valence-corrected chi connectivity index (χ3v) is 4.36. The van der Waals surface area contributed by atoms with Gasteiger partial charge in [-0.2, -0.15) is 17.5 Å². The van der Waals surface area contributed by atoms with Crippen LogP contribution in [-0.2, 0) is 10.0 Å². The van der Waals surface area contributed by atoms with Crippen LogP contribution in [-0.4, -0.2) is 32.0 Å². The molecule has 1 aromatic rings. The summed E-state index contributed by atoms with van der Waals surface area (Å²) in [5, 5.41) is 0. The normalized spacial score (nSPS) is 12.9. The minimum absolute atomic E-state index is 0.199. The molecule has 0 saturated carbocycles. The third kappa shape index (κ3) is 4.38. The molecule has 8 heteroatoms. The molecule has 2 N–H and O–H groups in total. The summed E-state index contributed by atoms with van der Waals surface area (Å²) in [6.45, 7) is 1.54. The fourth-order valence-corrected chi connectivity index (χ4v) is 3.47. The number of aryl methyl sites for hydroxylation is 1. The molecule has 0 amide bonds. The number of benzene rings is 1. The SMILES string of the molecule is CCCN(CC(F)(F)F)S(=O)(=O)c1cc(C)cc(N)c1. The van der Waals surface area contributed by atoms with Crippen molar-refractivity contribution in [3.63, 3.8) is 0 Å². The first-order valence-corrected chi connectivity index (χ1v) is 7.44. The molecule has 0 bridgehead atoms. The average molecular weight is 310 g/mol. The van der Waals surface area contributed by atoms with Gasteiger partial charge < -0.3 is 5.73 Å². The summed E-state index contributed by atoms with van der Waals surface area (Å²) in [5.41, 5.74) is 6.33. The second-order valence-electron chi connectivity index (χ2n) is 4.53. The molecule has 114 valence electrons. The van der Waals surface area contributed by atoms with Crippen LogP contribution in [0.2, 0.25) is 0 Å². The Morgan fingerprint density at radius 1 is 1.25 bits per heavy atom. The number of anilines is 1. The third-order valence-electron chi connectivity index (χ3n) is 2.54. The number of nitrogens with zero attached hydrogens (tertiary/aromatic N) is 1. The molecule has 0 unspecified atom stereocenters. The minimum atomic E-state index is -4.59. The Kier molecular flexibility index (Phi) is 5.04. The van der Waals surface area contributed by atoms with Crippen molar-refractivity contribution in [3.8, 4) is 0 Å². The fraction of sp³-hybridized carbons (Fsp3) is 0.500. The topological polar surface area (TPSA) is 63.4 Å². The monoisotopic (exact) mass is 310 g/mol. The molecule has 0 aliphatic heterocycles. The Morgan fingerprint density at radius 2 is 1.85 bits per heavy atom. The van der Waals surface area contributed by atoms with Crippen LogP contribution in [0.5, 0.6) is 0 Å². The van der Waals surface area contributed by atoms with Crippen LogP contribution >= 0.6 is 0 Å². The van der Waals surface area contributed by atoms with E-state index in [0.29, 0.717) is 9.87 Å². The molecular weight excluding hydrogens is 293 g/mol. The van der Waals surface area contributed by atoms with Crippen LogP contribution in [0.15, 0.2) is 23.1 Å². The summed E-state index contributed by atoms with van der Waals surface area (Å²) in [4.78, 5) is -0.215. The summed E-state index contributed by atoms with van der Waals surface area (Å²) in [6.07, 6.45) is -4.30. The number of halogens is 3. The summed E-state index contributed by atoms with van der Waals surface area (Å²) < 4.78 is 62.5. The van der Waals surface area contributed by atoms with Crippen LogP contribution < -0.4 is 5.73 Å². The van der Waals surface area contributed by atoms with Gasteiger partial charge in [-0.15, -0.1) is 0 Å². The van der Waals surface area contributed by atoms with E-state index < -0.39 is 22.7 Å². The molecule has 4 nitrogen and oxygen atoms in total. The molecule has 0 fully saturated rings. The number of nitrogen functional groups attached to an aromatic ring is 1. The zero-order valence-electron chi connectivity index (χ0n) is 11.2. The van der Waals surface area contributed by atoms with E-state index in [0.717, 1.165) is 0 Å². The first-order valence-electron chi connectivity index (χ1n) is 6.00. The molecule has 0 atom stereocenters. The maximum absolute atomic E-state index is 12.5. The van der Waals surface area contributed by atoms with E-state index in [2.05, 4.69) is 0 Å². The van der Waals surface area contributed by atoms with Crippen molar-refractivity contribution in [1.29, 1.82) is 0 Å². The number of rotatable bonds is 5. The Bertz CT molecular complexity index is 550. The molecule has 0 heterocycles. The smallest absolute Gasteiger partial charge is 0.399 e. The molecule has 0 aliphatic carbocycles. The molecule has 0 aliphatic rings. The van der Waals surface area contributed by atoms with E-state index in [-0.39, 0.29) is 23.5 Å². The summed E-state index contributed by atoms with van der Waals surface area (Å²) in [7, 11) is -4.21. The van der Waals surface area contributed by atoms with Crippen molar-refractivity contribution >= 4 is 15.7 Å². The first-order chi connectivity index (χ1) is 9.06. The lowest BCUT2D eigenvalue weighted by Gasteiger charge is -2.23. The first kappa shape index (κ1) is 16.8. The highest BCUT2D eigenvalue weighted by molar-refractivity contribution is 7.89. The van der Waals surface area contributed by atoms with Crippen LogP contribution in [0.1, 0.15) is 18.9 Å². The molecule has 0 spiro atoms. The van der Waals surface area contributed by atoms with Crippen molar-refractivity contribution in [3.05, 3.63) is 23.8 Å². The van der Waals surface area contributed by atoms with E-state index in [1.165, 1.54) is 12.1 Å². The van der Waals surface area contributed by atoms with E-state index >= 15 is 0 Å². The van der Waals surface area contributed by atoms with Crippen molar-refractivity contribution in [1.82, 2.24) is 4.31 Å². The Balaban J connectivity index is 3.22.